The zero-order valence-corrected chi connectivity index (χ0v) is 10.8. The SMILES string of the molecule is COCc1cccc(-c2ncc(C(C)N)s2)c1. The van der Waals surface area contributed by atoms with E-state index in [-0.39, 0.29) is 6.04 Å². The molecule has 0 saturated heterocycles. The minimum atomic E-state index is 0.0448. The van der Waals surface area contributed by atoms with Crippen molar-refractivity contribution in [2.75, 3.05) is 7.11 Å². The van der Waals surface area contributed by atoms with E-state index in [2.05, 4.69) is 17.1 Å². The van der Waals surface area contributed by atoms with Crippen LogP contribution < -0.4 is 5.73 Å². The van der Waals surface area contributed by atoms with E-state index in [1.165, 1.54) is 0 Å². The summed E-state index contributed by atoms with van der Waals surface area (Å²) in [5.41, 5.74) is 8.11. The van der Waals surface area contributed by atoms with Crippen LogP contribution >= 0.6 is 11.3 Å². The van der Waals surface area contributed by atoms with E-state index in [4.69, 9.17) is 10.5 Å². The van der Waals surface area contributed by atoms with Crippen LogP contribution in [0.1, 0.15) is 23.4 Å². The van der Waals surface area contributed by atoms with Crippen molar-refractivity contribution in [3.63, 3.8) is 0 Å². The Kier molecular flexibility index (Phi) is 3.89. The first kappa shape index (κ1) is 12.2. The Morgan fingerprint density at radius 3 is 2.94 bits per heavy atom. The number of rotatable bonds is 4. The lowest BCUT2D eigenvalue weighted by molar-refractivity contribution is 0.185. The van der Waals surface area contributed by atoms with E-state index < -0.39 is 0 Å². The summed E-state index contributed by atoms with van der Waals surface area (Å²) in [4.78, 5) is 5.52. The van der Waals surface area contributed by atoms with Crippen LogP contribution in [0.3, 0.4) is 0 Å². The van der Waals surface area contributed by atoms with Crippen LogP contribution in [-0.2, 0) is 11.3 Å². The first-order valence-corrected chi connectivity index (χ1v) is 6.32. The second-order valence-corrected chi connectivity index (χ2v) is 5.05. The van der Waals surface area contributed by atoms with Gasteiger partial charge in [-0.05, 0) is 18.6 Å². The fourth-order valence-corrected chi connectivity index (χ4v) is 2.46. The molecule has 2 aromatic rings. The summed E-state index contributed by atoms with van der Waals surface area (Å²) in [6, 6.07) is 8.28. The minimum absolute atomic E-state index is 0.0448. The molecule has 1 aromatic carbocycles. The first-order valence-electron chi connectivity index (χ1n) is 5.50. The van der Waals surface area contributed by atoms with Crippen molar-refractivity contribution in [2.24, 2.45) is 5.73 Å². The summed E-state index contributed by atoms with van der Waals surface area (Å²) in [5.74, 6) is 0. The Morgan fingerprint density at radius 1 is 1.47 bits per heavy atom. The molecular weight excluding hydrogens is 232 g/mol. The van der Waals surface area contributed by atoms with Crippen molar-refractivity contribution in [3.05, 3.63) is 40.9 Å². The van der Waals surface area contributed by atoms with E-state index in [0.29, 0.717) is 6.61 Å². The summed E-state index contributed by atoms with van der Waals surface area (Å²) in [7, 11) is 1.70. The molecule has 0 radical (unpaired) electrons. The lowest BCUT2D eigenvalue weighted by Gasteiger charge is -2.02. The molecule has 1 unspecified atom stereocenters. The highest BCUT2D eigenvalue weighted by Crippen LogP contribution is 2.28. The van der Waals surface area contributed by atoms with Gasteiger partial charge in [-0.3, -0.25) is 0 Å². The van der Waals surface area contributed by atoms with Gasteiger partial charge < -0.3 is 10.5 Å². The molecule has 1 aromatic heterocycles. The summed E-state index contributed by atoms with van der Waals surface area (Å²) < 4.78 is 5.13. The largest absolute Gasteiger partial charge is 0.380 e. The van der Waals surface area contributed by atoms with Gasteiger partial charge >= 0.3 is 0 Å². The van der Waals surface area contributed by atoms with Crippen LogP contribution in [-0.4, -0.2) is 12.1 Å². The molecule has 2 N–H and O–H groups in total. The van der Waals surface area contributed by atoms with Crippen molar-refractivity contribution >= 4 is 11.3 Å². The minimum Gasteiger partial charge on any atom is -0.380 e. The number of thiazole rings is 1. The first-order chi connectivity index (χ1) is 8.20. The van der Waals surface area contributed by atoms with E-state index >= 15 is 0 Å². The van der Waals surface area contributed by atoms with Gasteiger partial charge in [-0.2, -0.15) is 0 Å². The molecule has 0 amide bonds. The highest BCUT2D eigenvalue weighted by atomic mass is 32.1. The Hall–Kier alpha value is -1.23. The zero-order chi connectivity index (χ0) is 12.3. The van der Waals surface area contributed by atoms with Gasteiger partial charge in [0.25, 0.3) is 0 Å². The van der Waals surface area contributed by atoms with Gasteiger partial charge in [-0.15, -0.1) is 11.3 Å². The number of ether oxygens (including phenoxy) is 1. The van der Waals surface area contributed by atoms with Crippen molar-refractivity contribution in [1.29, 1.82) is 0 Å². The average molecular weight is 248 g/mol. The van der Waals surface area contributed by atoms with Crippen LogP contribution in [0.4, 0.5) is 0 Å². The molecular formula is C13H16N2OS. The maximum absolute atomic E-state index is 5.83. The molecule has 0 aliphatic carbocycles. The molecule has 0 saturated carbocycles. The van der Waals surface area contributed by atoms with E-state index in [9.17, 15) is 0 Å². The topological polar surface area (TPSA) is 48.1 Å². The quantitative estimate of drug-likeness (QED) is 0.905. The predicted molar refractivity (Wildman–Crippen MR) is 70.9 cm³/mol. The van der Waals surface area contributed by atoms with E-state index in [1.807, 2.05) is 25.3 Å². The fraction of sp³-hybridized carbons (Fsp3) is 0.308. The molecule has 1 atom stereocenters. The number of nitrogens with zero attached hydrogens (tertiary/aromatic N) is 1. The normalized spacial score (nSPS) is 12.6. The average Bonchev–Trinajstić information content (AvgIpc) is 2.79. The van der Waals surface area contributed by atoms with Crippen LogP contribution in [0.5, 0.6) is 0 Å². The molecule has 0 spiro atoms. The third kappa shape index (κ3) is 2.91. The molecule has 0 bridgehead atoms. The summed E-state index contributed by atoms with van der Waals surface area (Å²) >= 11 is 1.64. The van der Waals surface area contributed by atoms with E-state index in [1.54, 1.807) is 18.4 Å². The molecule has 0 aliphatic rings. The molecule has 1 heterocycles. The van der Waals surface area contributed by atoms with Crippen molar-refractivity contribution in [2.45, 2.75) is 19.6 Å². The third-order valence-electron chi connectivity index (χ3n) is 2.46. The molecule has 2 rings (SSSR count). The standard InChI is InChI=1S/C13H16N2OS/c1-9(14)12-7-15-13(17-12)11-5-3-4-10(6-11)8-16-2/h3-7,9H,8,14H2,1-2H3. The third-order valence-corrected chi connectivity index (χ3v) is 3.70. The Bertz CT molecular complexity index is 494. The smallest absolute Gasteiger partial charge is 0.123 e. The Balaban J connectivity index is 2.28. The van der Waals surface area contributed by atoms with Crippen molar-refractivity contribution < 1.29 is 4.74 Å². The number of hydrogen-bond acceptors (Lipinski definition) is 4. The second-order valence-electron chi connectivity index (χ2n) is 3.99. The van der Waals surface area contributed by atoms with Crippen molar-refractivity contribution in [1.82, 2.24) is 4.98 Å². The molecule has 4 heteroatoms. The molecule has 17 heavy (non-hydrogen) atoms. The van der Waals surface area contributed by atoms with Crippen LogP contribution in [0.2, 0.25) is 0 Å². The maximum Gasteiger partial charge on any atom is 0.123 e. The monoisotopic (exact) mass is 248 g/mol. The van der Waals surface area contributed by atoms with Crippen LogP contribution in [0, 0.1) is 0 Å². The van der Waals surface area contributed by atoms with Crippen LogP contribution in [0.15, 0.2) is 30.5 Å². The number of methoxy groups -OCH3 is 1. The van der Waals surface area contributed by atoms with Gasteiger partial charge in [0, 0.05) is 29.8 Å². The van der Waals surface area contributed by atoms with Gasteiger partial charge in [0.1, 0.15) is 5.01 Å². The molecule has 90 valence electrons. The van der Waals surface area contributed by atoms with Gasteiger partial charge in [0.05, 0.1) is 6.61 Å². The predicted octanol–water partition coefficient (Wildman–Crippen LogP) is 2.98. The van der Waals surface area contributed by atoms with E-state index in [0.717, 1.165) is 21.0 Å². The lowest BCUT2D eigenvalue weighted by atomic mass is 10.1. The number of nitrogens with two attached hydrogens (primary N) is 1. The van der Waals surface area contributed by atoms with Gasteiger partial charge in [-0.25, -0.2) is 4.98 Å². The highest BCUT2D eigenvalue weighted by Gasteiger charge is 2.07. The lowest BCUT2D eigenvalue weighted by Crippen LogP contribution is -2.01. The number of aromatic nitrogens is 1. The fourth-order valence-electron chi connectivity index (χ4n) is 1.59. The molecule has 0 aliphatic heterocycles. The Labute approximate surface area is 105 Å². The van der Waals surface area contributed by atoms with Crippen LogP contribution in [0.25, 0.3) is 10.6 Å². The van der Waals surface area contributed by atoms with Gasteiger partial charge in [0.2, 0.25) is 0 Å². The van der Waals surface area contributed by atoms with Gasteiger partial charge in [0.15, 0.2) is 0 Å². The van der Waals surface area contributed by atoms with Crippen molar-refractivity contribution in [3.8, 4) is 10.6 Å². The maximum atomic E-state index is 5.83. The number of hydrogen-bond donors (Lipinski definition) is 1. The number of benzene rings is 1. The second kappa shape index (κ2) is 5.40. The summed E-state index contributed by atoms with van der Waals surface area (Å²) in [6.07, 6.45) is 1.85. The zero-order valence-electron chi connectivity index (χ0n) is 10.0. The molecule has 0 fully saturated rings. The highest BCUT2D eigenvalue weighted by molar-refractivity contribution is 7.15. The Morgan fingerprint density at radius 2 is 2.29 bits per heavy atom. The summed E-state index contributed by atoms with van der Waals surface area (Å²) in [6.45, 7) is 2.60. The summed E-state index contributed by atoms with van der Waals surface area (Å²) in [5, 5.41) is 1.01. The molecule has 3 nitrogen and oxygen atoms in total. The van der Waals surface area contributed by atoms with Gasteiger partial charge in [-0.1, -0.05) is 18.2 Å².